The molecule has 2 aromatic carbocycles. The molecule has 0 fully saturated rings. The van der Waals surface area contributed by atoms with Crippen LogP contribution in [-0.2, 0) is 26.1 Å². The summed E-state index contributed by atoms with van der Waals surface area (Å²) in [4.78, 5) is 30.9. The molecule has 0 aliphatic carbocycles. The summed E-state index contributed by atoms with van der Waals surface area (Å²) >= 11 is 0. The van der Waals surface area contributed by atoms with Crippen LogP contribution in [-0.4, -0.2) is 38.9 Å². The van der Waals surface area contributed by atoms with Crippen molar-refractivity contribution < 1.29 is 24.4 Å². The van der Waals surface area contributed by atoms with E-state index in [1.54, 1.807) is 18.3 Å². The number of rotatable bonds is 6. The predicted molar refractivity (Wildman–Crippen MR) is 122 cm³/mol. The molecule has 3 heterocycles. The molecule has 0 saturated heterocycles. The number of ketones is 1. The number of hydrogen-bond acceptors (Lipinski definition) is 6. The van der Waals surface area contributed by atoms with E-state index in [1.807, 2.05) is 30.5 Å². The molecule has 0 bridgehead atoms. The van der Waals surface area contributed by atoms with Gasteiger partial charge in [-0.3, -0.25) is 14.7 Å². The van der Waals surface area contributed by atoms with Crippen molar-refractivity contribution in [1.29, 1.82) is 0 Å². The minimum absolute atomic E-state index is 0.0192. The van der Waals surface area contributed by atoms with Crippen LogP contribution < -0.4 is 4.65 Å². The van der Waals surface area contributed by atoms with Crippen molar-refractivity contribution in [2.75, 3.05) is 0 Å². The number of fused-ring (bicyclic) bond motifs is 2. The van der Waals surface area contributed by atoms with Crippen molar-refractivity contribution in [1.82, 2.24) is 9.88 Å². The highest BCUT2D eigenvalue weighted by Crippen LogP contribution is 2.37. The van der Waals surface area contributed by atoms with Crippen LogP contribution in [0, 0.1) is 0 Å². The van der Waals surface area contributed by atoms with E-state index < -0.39 is 18.9 Å². The molecule has 2 aliphatic rings. The second-order valence-electron chi connectivity index (χ2n) is 8.69. The molecule has 8 heteroatoms. The van der Waals surface area contributed by atoms with Gasteiger partial charge in [0.2, 0.25) is 0 Å². The van der Waals surface area contributed by atoms with Gasteiger partial charge in [-0.05, 0) is 46.9 Å². The lowest BCUT2D eigenvalue weighted by Gasteiger charge is -2.28. The van der Waals surface area contributed by atoms with E-state index in [0.717, 1.165) is 30.8 Å². The average molecular weight is 442 g/mol. The Balaban J connectivity index is 1.27. The number of pyridine rings is 1. The number of aromatic carboxylic acids is 1. The minimum Gasteiger partial charge on any atom is -0.535 e. The topological polar surface area (TPSA) is 100.0 Å². The third-order valence-electron chi connectivity index (χ3n) is 6.34. The Hall–Kier alpha value is -3.49. The summed E-state index contributed by atoms with van der Waals surface area (Å²) in [6.45, 7) is 2.40. The minimum atomic E-state index is -1.23. The van der Waals surface area contributed by atoms with Crippen molar-refractivity contribution in [2.45, 2.75) is 38.3 Å². The van der Waals surface area contributed by atoms with Gasteiger partial charge in [-0.25, -0.2) is 4.79 Å². The SMILES string of the molecule is O=C(C[C@H]1Cc2cccc(C(=O)O)c2OB1O)c1ccc2c(c1)CN(Cc1cccnc1)C2. The number of benzene rings is 2. The van der Waals surface area contributed by atoms with E-state index in [9.17, 15) is 19.7 Å². The Labute approximate surface area is 191 Å². The fraction of sp³-hybridized carbons (Fsp3) is 0.240. The van der Waals surface area contributed by atoms with E-state index in [1.165, 1.54) is 11.6 Å². The van der Waals surface area contributed by atoms with Crippen LogP contribution in [0.1, 0.15) is 49.4 Å². The molecule has 5 rings (SSSR count). The molecule has 0 radical (unpaired) electrons. The zero-order valence-electron chi connectivity index (χ0n) is 18.0. The molecule has 0 amide bonds. The van der Waals surface area contributed by atoms with Gasteiger partial charge < -0.3 is 14.8 Å². The molecule has 0 saturated carbocycles. The van der Waals surface area contributed by atoms with Crippen LogP contribution in [0.5, 0.6) is 5.75 Å². The lowest BCUT2D eigenvalue weighted by molar-refractivity contribution is 0.0693. The van der Waals surface area contributed by atoms with Crippen molar-refractivity contribution in [3.8, 4) is 5.75 Å². The Kier molecular flexibility index (Phi) is 5.70. The normalized spacial score (nSPS) is 17.2. The Bertz CT molecular complexity index is 1220. The number of para-hydroxylation sites is 1. The van der Waals surface area contributed by atoms with Crippen LogP contribution in [0.25, 0.3) is 0 Å². The van der Waals surface area contributed by atoms with E-state index in [2.05, 4.69) is 16.0 Å². The summed E-state index contributed by atoms with van der Waals surface area (Å²) in [5.41, 5.74) is 4.84. The maximum absolute atomic E-state index is 13.0. The highest BCUT2D eigenvalue weighted by Gasteiger charge is 2.38. The number of carbonyl (C=O) groups is 2. The number of aromatic nitrogens is 1. The van der Waals surface area contributed by atoms with Crippen molar-refractivity contribution in [3.63, 3.8) is 0 Å². The predicted octanol–water partition coefficient (Wildman–Crippen LogP) is 3.35. The van der Waals surface area contributed by atoms with Gasteiger partial charge in [0.05, 0.1) is 5.56 Å². The third-order valence-corrected chi connectivity index (χ3v) is 6.34. The Morgan fingerprint density at radius 2 is 1.94 bits per heavy atom. The largest absolute Gasteiger partial charge is 0.535 e. The molecule has 1 atom stereocenters. The summed E-state index contributed by atoms with van der Waals surface area (Å²) < 4.78 is 5.53. The lowest BCUT2D eigenvalue weighted by atomic mass is 9.64. The summed E-state index contributed by atoms with van der Waals surface area (Å²) in [6.07, 6.45) is 4.13. The van der Waals surface area contributed by atoms with Crippen molar-refractivity contribution in [2.24, 2.45) is 0 Å². The first-order valence-corrected chi connectivity index (χ1v) is 10.9. The molecule has 0 spiro atoms. The molecule has 33 heavy (non-hydrogen) atoms. The van der Waals surface area contributed by atoms with E-state index in [4.69, 9.17) is 4.65 Å². The number of nitrogens with zero attached hydrogens (tertiary/aromatic N) is 2. The first kappa shape index (κ1) is 21.4. The molecule has 2 N–H and O–H groups in total. The van der Waals surface area contributed by atoms with E-state index in [-0.39, 0.29) is 23.5 Å². The van der Waals surface area contributed by atoms with Crippen molar-refractivity contribution >= 4 is 18.9 Å². The van der Waals surface area contributed by atoms with Gasteiger partial charge in [0.25, 0.3) is 0 Å². The van der Waals surface area contributed by atoms with Crippen LogP contribution >= 0.6 is 0 Å². The number of carboxylic acid groups (broad SMARTS) is 1. The van der Waals surface area contributed by atoms with Crippen LogP contribution in [0.3, 0.4) is 0 Å². The number of carbonyl (C=O) groups excluding carboxylic acids is 1. The van der Waals surface area contributed by atoms with Crippen LogP contribution in [0.15, 0.2) is 60.9 Å². The van der Waals surface area contributed by atoms with Crippen LogP contribution in [0.2, 0.25) is 5.82 Å². The first-order valence-electron chi connectivity index (χ1n) is 10.9. The summed E-state index contributed by atoms with van der Waals surface area (Å²) in [5, 5.41) is 19.8. The van der Waals surface area contributed by atoms with Gasteiger partial charge in [0.15, 0.2) is 5.78 Å². The summed E-state index contributed by atoms with van der Waals surface area (Å²) in [5.74, 6) is -1.42. The molecule has 0 unspecified atom stereocenters. The van der Waals surface area contributed by atoms with Gasteiger partial charge in [-0.2, -0.15) is 0 Å². The average Bonchev–Trinajstić information content (AvgIpc) is 3.21. The highest BCUT2D eigenvalue weighted by atomic mass is 16.5. The lowest BCUT2D eigenvalue weighted by Crippen LogP contribution is -2.35. The number of Topliss-reactive ketones (excluding diaryl/α,β-unsaturated/α-hetero) is 1. The fourth-order valence-corrected chi connectivity index (χ4v) is 4.68. The first-order chi connectivity index (χ1) is 16.0. The second-order valence-corrected chi connectivity index (χ2v) is 8.69. The molecule has 3 aromatic rings. The van der Waals surface area contributed by atoms with Crippen LogP contribution in [0.4, 0.5) is 0 Å². The standard InChI is InChI=1S/C25H23BN2O5/c29-23(11-21-10-18-4-1-5-22(25(30)31)24(18)33-26(21)32)17-6-7-19-14-28(15-20(19)9-17)13-16-3-2-8-27-12-16/h1-9,12,21,32H,10-11,13-15H2,(H,30,31)/t21-/m1/s1. The van der Waals surface area contributed by atoms with Gasteiger partial charge in [0, 0.05) is 49.8 Å². The van der Waals surface area contributed by atoms with E-state index in [0.29, 0.717) is 17.5 Å². The maximum Gasteiger partial charge on any atom is 0.526 e. The monoisotopic (exact) mass is 442 g/mol. The third kappa shape index (κ3) is 4.40. The molecular weight excluding hydrogens is 419 g/mol. The zero-order chi connectivity index (χ0) is 22.9. The maximum atomic E-state index is 13.0. The molecule has 166 valence electrons. The quantitative estimate of drug-likeness (QED) is 0.446. The summed E-state index contributed by atoms with van der Waals surface area (Å²) in [6, 6.07) is 14.7. The molecule has 7 nitrogen and oxygen atoms in total. The Morgan fingerprint density at radius 1 is 1.09 bits per heavy atom. The zero-order valence-corrected chi connectivity index (χ0v) is 18.0. The molecular formula is C25H23BN2O5. The van der Waals surface area contributed by atoms with Crippen molar-refractivity contribution in [3.05, 3.63) is 94.3 Å². The molecule has 2 aliphatic heterocycles. The fourth-order valence-electron chi connectivity index (χ4n) is 4.68. The Morgan fingerprint density at radius 3 is 2.73 bits per heavy atom. The van der Waals surface area contributed by atoms with Gasteiger partial charge in [0.1, 0.15) is 5.75 Å². The second kappa shape index (κ2) is 8.81. The number of hydrogen-bond donors (Lipinski definition) is 2. The van der Waals surface area contributed by atoms with E-state index >= 15 is 0 Å². The van der Waals surface area contributed by atoms with Gasteiger partial charge >= 0.3 is 13.1 Å². The van der Waals surface area contributed by atoms with Gasteiger partial charge in [-0.1, -0.05) is 30.3 Å². The summed E-state index contributed by atoms with van der Waals surface area (Å²) in [7, 11) is -1.23. The molecule has 1 aromatic heterocycles. The van der Waals surface area contributed by atoms with Gasteiger partial charge in [-0.15, -0.1) is 0 Å². The number of carboxylic acids is 1. The smallest absolute Gasteiger partial charge is 0.526 e. The highest BCUT2D eigenvalue weighted by molar-refractivity contribution is 6.47.